The SMILES string of the molecule is CC1(C)c2ccccc2-c2c3c1cccc3cc1c3ccc4ccccc4c3n(-c3nc(C4=CCCC=C4)cc(-c4ccccc4)n3)c21. The zero-order valence-electron chi connectivity index (χ0n) is 27.0. The molecule has 0 unspecified atom stereocenters. The lowest BCUT2D eigenvalue weighted by Gasteiger charge is -2.35. The molecule has 3 heteroatoms. The number of hydrogen-bond donors (Lipinski definition) is 0. The van der Waals surface area contributed by atoms with Crippen molar-refractivity contribution in [2.45, 2.75) is 32.1 Å². The number of aromatic nitrogens is 3. The summed E-state index contributed by atoms with van der Waals surface area (Å²) in [5.41, 5.74) is 11.5. The van der Waals surface area contributed by atoms with Gasteiger partial charge in [-0.3, -0.25) is 4.57 Å². The van der Waals surface area contributed by atoms with Gasteiger partial charge in [-0.1, -0.05) is 141 Å². The largest absolute Gasteiger partial charge is 0.277 e. The summed E-state index contributed by atoms with van der Waals surface area (Å²) in [7, 11) is 0. The predicted octanol–water partition coefficient (Wildman–Crippen LogP) is 11.6. The summed E-state index contributed by atoms with van der Waals surface area (Å²) < 4.78 is 2.39. The lowest BCUT2D eigenvalue weighted by Crippen LogP contribution is -2.23. The molecule has 3 nitrogen and oxygen atoms in total. The molecule has 0 fully saturated rings. The molecule has 2 aliphatic rings. The molecule has 2 heterocycles. The maximum atomic E-state index is 5.44. The molecule has 0 saturated carbocycles. The molecule has 0 spiro atoms. The number of nitrogens with zero attached hydrogens (tertiary/aromatic N) is 3. The summed E-state index contributed by atoms with van der Waals surface area (Å²) in [5.74, 6) is 0.693. The first-order valence-electron chi connectivity index (χ1n) is 16.9. The standard InChI is InChI=1S/C45H33N3/c1-45(2)36-22-12-11-21-34(36)41-40-31(19-13-23-37(40)45)26-35-33-25-24-28-14-9-10-20-32(28)42(33)48(43(35)41)44-46-38(29-15-5-3-6-16-29)27-39(47-44)30-17-7-4-8-18-30/h3,5-7,9-27H,4,8H2,1-2H3. The first kappa shape index (κ1) is 27.3. The Hall–Kier alpha value is -5.80. The molecular formula is C45H33N3. The molecule has 228 valence electrons. The van der Waals surface area contributed by atoms with Crippen LogP contribution in [0.2, 0.25) is 0 Å². The smallest absolute Gasteiger partial charge is 0.235 e. The van der Waals surface area contributed by atoms with Crippen LogP contribution in [0.1, 0.15) is 43.5 Å². The van der Waals surface area contributed by atoms with E-state index in [-0.39, 0.29) is 5.41 Å². The Labute approximate surface area is 279 Å². The fourth-order valence-corrected chi connectivity index (χ4v) is 8.33. The van der Waals surface area contributed by atoms with Crippen LogP contribution in [0.15, 0.2) is 140 Å². The molecule has 10 rings (SSSR count). The average molecular weight is 616 g/mol. The average Bonchev–Trinajstić information content (AvgIpc) is 3.48. The summed E-state index contributed by atoms with van der Waals surface area (Å²) >= 11 is 0. The quantitative estimate of drug-likeness (QED) is 0.198. The minimum Gasteiger partial charge on any atom is -0.277 e. The van der Waals surface area contributed by atoms with Gasteiger partial charge in [-0.15, -0.1) is 0 Å². The van der Waals surface area contributed by atoms with Crippen LogP contribution in [0.4, 0.5) is 0 Å². The van der Waals surface area contributed by atoms with Crippen molar-refractivity contribution in [3.63, 3.8) is 0 Å². The van der Waals surface area contributed by atoms with E-state index in [9.17, 15) is 0 Å². The van der Waals surface area contributed by atoms with Crippen molar-refractivity contribution in [2.75, 3.05) is 0 Å². The summed E-state index contributed by atoms with van der Waals surface area (Å²) in [4.78, 5) is 10.9. The summed E-state index contributed by atoms with van der Waals surface area (Å²) in [6, 6.07) is 44.2. The molecule has 8 aromatic rings. The summed E-state index contributed by atoms with van der Waals surface area (Å²) in [6.45, 7) is 4.72. The van der Waals surface area contributed by atoms with Crippen LogP contribution in [0.25, 0.3) is 77.3 Å². The van der Waals surface area contributed by atoms with Crippen LogP contribution in [-0.4, -0.2) is 14.5 Å². The van der Waals surface area contributed by atoms with Crippen LogP contribution >= 0.6 is 0 Å². The second kappa shape index (κ2) is 10.1. The lowest BCUT2D eigenvalue weighted by atomic mass is 9.68. The fourth-order valence-electron chi connectivity index (χ4n) is 8.33. The predicted molar refractivity (Wildman–Crippen MR) is 201 cm³/mol. The minimum atomic E-state index is -0.142. The van der Waals surface area contributed by atoms with Crippen LogP contribution < -0.4 is 0 Å². The minimum absolute atomic E-state index is 0.142. The van der Waals surface area contributed by atoms with Gasteiger partial charge >= 0.3 is 0 Å². The maximum Gasteiger partial charge on any atom is 0.235 e. The van der Waals surface area contributed by atoms with E-state index in [0.29, 0.717) is 5.95 Å². The number of benzene rings is 6. The van der Waals surface area contributed by atoms with Crippen molar-refractivity contribution in [1.82, 2.24) is 14.5 Å². The van der Waals surface area contributed by atoms with E-state index in [1.807, 2.05) is 0 Å². The van der Waals surface area contributed by atoms with E-state index in [1.165, 1.54) is 54.6 Å². The van der Waals surface area contributed by atoms with Gasteiger partial charge in [-0.25, -0.2) is 9.97 Å². The molecule has 0 amide bonds. The molecular weight excluding hydrogens is 583 g/mol. The zero-order chi connectivity index (χ0) is 32.0. The highest BCUT2D eigenvalue weighted by atomic mass is 15.2. The van der Waals surface area contributed by atoms with Crippen LogP contribution in [0.5, 0.6) is 0 Å². The van der Waals surface area contributed by atoms with Gasteiger partial charge in [-0.05, 0) is 63.4 Å². The Kier molecular flexibility index (Phi) is 5.75. The van der Waals surface area contributed by atoms with E-state index in [1.54, 1.807) is 0 Å². The Morgan fingerprint density at radius 2 is 1.38 bits per heavy atom. The lowest BCUT2D eigenvalue weighted by molar-refractivity contribution is 0.645. The van der Waals surface area contributed by atoms with E-state index in [2.05, 4.69) is 158 Å². The summed E-state index contributed by atoms with van der Waals surface area (Å²) in [6.07, 6.45) is 8.85. The Morgan fingerprint density at radius 3 is 2.25 bits per heavy atom. The first-order valence-corrected chi connectivity index (χ1v) is 16.9. The first-order chi connectivity index (χ1) is 23.6. The third kappa shape index (κ3) is 3.82. The van der Waals surface area contributed by atoms with Crippen LogP contribution in [0, 0.1) is 0 Å². The number of allylic oxidation sites excluding steroid dienone is 4. The van der Waals surface area contributed by atoms with Crippen LogP contribution in [0.3, 0.4) is 0 Å². The molecule has 48 heavy (non-hydrogen) atoms. The van der Waals surface area contributed by atoms with Crippen molar-refractivity contribution in [2.24, 2.45) is 0 Å². The highest BCUT2D eigenvalue weighted by Gasteiger charge is 2.35. The molecule has 0 atom stereocenters. The van der Waals surface area contributed by atoms with Gasteiger partial charge in [-0.2, -0.15) is 0 Å². The second-order valence-electron chi connectivity index (χ2n) is 13.7. The van der Waals surface area contributed by atoms with Gasteiger partial charge < -0.3 is 0 Å². The van der Waals surface area contributed by atoms with Gasteiger partial charge in [0.1, 0.15) is 0 Å². The Morgan fingerprint density at radius 1 is 0.604 bits per heavy atom. The van der Waals surface area contributed by atoms with Crippen molar-refractivity contribution in [1.29, 1.82) is 0 Å². The third-order valence-corrected chi connectivity index (χ3v) is 10.6. The molecule has 0 N–H and O–H groups in total. The van der Waals surface area contributed by atoms with E-state index in [4.69, 9.17) is 9.97 Å². The van der Waals surface area contributed by atoms with Gasteiger partial charge in [0.2, 0.25) is 5.95 Å². The van der Waals surface area contributed by atoms with E-state index >= 15 is 0 Å². The van der Waals surface area contributed by atoms with Crippen molar-refractivity contribution < 1.29 is 0 Å². The maximum absolute atomic E-state index is 5.44. The van der Waals surface area contributed by atoms with Gasteiger partial charge in [0.25, 0.3) is 0 Å². The summed E-state index contributed by atoms with van der Waals surface area (Å²) in [5, 5.41) is 7.41. The normalized spacial score (nSPS) is 14.9. The molecule has 0 radical (unpaired) electrons. The van der Waals surface area contributed by atoms with Crippen molar-refractivity contribution in [3.05, 3.63) is 156 Å². The Bertz CT molecular complexity index is 2690. The number of rotatable bonds is 3. The van der Waals surface area contributed by atoms with Gasteiger partial charge in [0.15, 0.2) is 0 Å². The second-order valence-corrected chi connectivity index (χ2v) is 13.7. The van der Waals surface area contributed by atoms with Gasteiger partial charge in [0, 0.05) is 32.7 Å². The van der Waals surface area contributed by atoms with Gasteiger partial charge in [0.05, 0.1) is 22.4 Å². The van der Waals surface area contributed by atoms with E-state index < -0.39 is 0 Å². The number of hydrogen-bond acceptors (Lipinski definition) is 2. The highest BCUT2D eigenvalue weighted by molar-refractivity contribution is 6.26. The Balaban J connectivity index is 1.45. The topological polar surface area (TPSA) is 30.7 Å². The molecule has 0 saturated heterocycles. The molecule has 0 aliphatic heterocycles. The molecule has 0 bridgehead atoms. The zero-order valence-corrected chi connectivity index (χ0v) is 27.0. The third-order valence-electron chi connectivity index (χ3n) is 10.6. The fraction of sp³-hybridized carbons (Fsp3) is 0.111. The van der Waals surface area contributed by atoms with Crippen LogP contribution in [-0.2, 0) is 5.41 Å². The van der Waals surface area contributed by atoms with E-state index in [0.717, 1.165) is 46.4 Å². The van der Waals surface area contributed by atoms with Crippen molar-refractivity contribution in [3.8, 4) is 28.3 Å². The monoisotopic (exact) mass is 615 g/mol. The molecule has 2 aromatic heterocycles. The molecule has 2 aliphatic carbocycles. The highest BCUT2D eigenvalue weighted by Crippen LogP contribution is 2.53. The van der Waals surface area contributed by atoms with Crippen molar-refractivity contribution >= 4 is 48.9 Å². The molecule has 6 aromatic carbocycles. The number of fused-ring (bicyclic) bond motifs is 8.